The number of amides is 1. The Kier molecular flexibility index (Phi) is 5.47. The second kappa shape index (κ2) is 7.90. The summed E-state index contributed by atoms with van der Waals surface area (Å²) in [6.45, 7) is 11.4. The van der Waals surface area contributed by atoms with Gasteiger partial charge in [0.15, 0.2) is 5.65 Å². The van der Waals surface area contributed by atoms with Crippen molar-refractivity contribution >= 4 is 28.3 Å². The Morgan fingerprint density at radius 1 is 1.28 bits per heavy atom. The third-order valence-electron chi connectivity index (χ3n) is 5.96. The van der Waals surface area contributed by atoms with Crippen molar-refractivity contribution < 1.29 is 4.79 Å². The minimum Gasteiger partial charge on any atom is -0.336 e. The van der Waals surface area contributed by atoms with E-state index in [1.54, 1.807) is 11.3 Å². The highest BCUT2D eigenvalue weighted by Gasteiger charge is 2.29. The predicted octanol–water partition coefficient (Wildman–Crippen LogP) is 5.76. The van der Waals surface area contributed by atoms with Crippen LogP contribution in [0, 0.1) is 13.8 Å². The van der Waals surface area contributed by atoms with Gasteiger partial charge in [-0.05, 0) is 65.5 Å². The van der Waals surface area contributed by atoms with Gasteiger partial charge < -0.3 is 4.90 Å². The Morgan fingerprint density at radius 3 is 2.72 bits per heavy atom. The van der Waals surface area contributed by atoms with E-state index >= 15 is 0 Å². The molecule has 0 aliphatic carbocycles. The third kappa shape index (κ3) is 3.59. The summed E-state index contributed by atoms with van der Waals surface area (Å²) in [5.74, 6) is 0.123. The summed E-state index contributed by atoms with van der Waals surface area (Å²) < 4.78 is 1.93. The molecule has 0 aromatic carbocycles. The summed E-state index contributed by atoms with van der Waals surface area (Å²) in [4.78, 5) is 23.2. The smallest absolute Gasteiger partial charge is 0.254 e. The van der Waals surface area contributed by atoms with Crippen molar-refractivity contribution in [3.05, 3.63) is 33.6 Å². The van der Waals surface area contributed by atoms with Crippen LogP contribution in [0.2, 0.25) is 0 Å². The number of thiophene rings is 1. The molecule has 1 saturated heterocycles. The molecule has 0 bridgehead atoms. The van der Waals surface area contributed by atoms with Crippen molar-refractivity contribution in [1.29, 1.82) is 0 Å². The molecule has 5 nitrogen and oxygen atoms in total. The summed E-state index contributed by atoms with van der Waals surface area (Å²) in [6.07, 6.45) is 6.20. The lowest BCUT2D eigenvalue weighted by molar-refractivity contribution is 0.0610. The molecule has 1 amide bonds. The molecule has 29 heavy (non-hydrogen) atoms. The minimum atomic E-state index is 0.123. The van der Waals surface area contributed by atoms with Gasteiger partial charge in [0.2, 0.25) is 0 Å². The van der Waals surface area contributed by atoms with Gasteiger partial charge in [-0.15, -0.1) is 11.3 Å². The predicted molar refractivity (Wildman–Crippen MR) is 120 cm³/mol. The van der Waals surface area contributed by atoms with Crippen LogP contribution in [0.5, 0.6) is 0 Å². The Hall–Kier alpha value is -2.21. The van der Waals surface area contributed by atoms with Crippen LogP contribution in [-0.4, -0.2) is 38.2 Å². The lowest BCUT2D eigenvalue weighted by Crippen LogP contribution is -2.43. The number of piperidine rings is 1. The van der Waals surface area contributed by atoms with Gasteiger partial charge in [-0.2, -0.15) is 5.10 Å². The average Bonchev–Trinajstić information content (AvgIpc) is 3.29. The fourth-order valence-electron chi connectivity index (χ4n) is 4.44. The highest BCUT2D eigenvalue weighted by atomic mass is 32.1. The number of fused-ring (bicyclic) bond motifs is 1. The van der Waals surface area contributed by atoms with E-state index in [0.29, 0.717) is 6.04 Å². The van der Waals surface area contributed by atoms with E-state index < -0.39 is 0 Å². The molecule has 4 rings (SSSR count). The van der Waals surface area contributed by atoms with Gasteiger partial charge in [-0.25, -0.2) is 9.67 Å². The van der Waals surface area contributed by atoms with Crippen LogP contribution in [-0.2, 0) is 0 Å². The zero-order valence-corrected chi connectivity index (χ0v) is 18.8. The molecule has 3 aromatic rings. The van der Waals surface area contributed by atoms with Crippen LogP contribution in [0.15, 0.2) is 18.3 Å². The largest absolute Gasteiger partial charge is 0.336 e. The fourth-order valence-corrected chi connectivity index (χ4v) is 5.38. The van der Waals surface area contributed by atoms with E-state index in [9.17, 15) is 4.79 Å². The highest BCUT2D eigenvalue weighted by Crippen LogP contribution is 2.33. The van der Waals surface area contributed by atoms with Crippen LogP contribution < -0.4 is 0 Å². The molecule has 1 atom stereocenters. The molecule has 1 aliphatic heterocycles. The van der Waals surface area contributed by atoms with Gasteiger partial charge in [-0.3, -0.25) is 4.79 Å². The van der Waals surface area contributed by atoms with Crippen molar-refractivity contribution in [1.82, 2.24) is 19.7 Å². The molecule has 1 aliphatic rings. The number of aryl methyl sites for hydroxylation is 2. The number of rotatable bonds is 4. The number of nitrogens with zero attached hydrogens (tertiary/aromatic N) is 4. The van der Waals surface area contributed by atoms with Gasteiger partial charge >= 0.3 is 0 Å². The van der Waals surface area contributed by atoms with Crippen LogP contribution in [0.1, 0.15) is 72.6 Å². The highest BCUT2D eigenvalue weighted by molar-refractivity contribution is 7.12. The van der Waals surface area contributed by atoms with Gasteiger partial charge in [-0.1, -0.05) is 6.92 Å². The van der Waals surface area contributed by atoms with Gasteiger partial charge in [0.05, 0.1) is 22.8 Å². The first-order valence-electron chi connectivity index (χ1n) is 10.7. The fraction of sp³-hybridized carbons (Fsp3) is 0.522. The van der Waals surface area contributed by atoms with E-state index in [2.05, 4.69) is 50.7 Å². The van der Waals surface area contributed by atoms with E-state index in [1.165, 1.54) is 16.2 Å². The molecule has 0 spiro atoms. The minimum absolute atomic E-state index is 0.123. The van der Waals surface area contributed by atoms with Gasteiger partial charge in [0.25, 0.3) is 5.91 Å². The number of hydrogen-bond acceptors (Lipinski definition) is 4. The van der Waals surface area contributed by atoms with Crippen molar-refractivity contribution in [3.63, 3.8) is 0 Å². The van der Waals surface area contributed by atoms with Gasteiger partial charge in [0.1, 0.15) is 0 Å². The molecule has 0 saturated carbocycles. The maximum atomic E-state index is 13.7. The lowest BCUT2D eigenvalue weighted by Gasteiger charge is -2.35. The molecule has 0 radical (unpaired) electrons. The molecular weight excluding hydrogens is 380 g/mol. The van der Waals surface area contributed by atoms with Crippen LogP contribution in [0.4, 0.5) is 0 Å². The molecule has 4 heterocycles. The van der Waals surface area contributed by atoms with E-state index in [1.807, 2.05) is 16.9 Å². The third-order valence-corrected chi connectivity index (χ3v) is 6.93. The molecule has 0 N–H and O–H groups in total. The molecule has 6 heteroatoms. The Labute approximate surface area is 176 Å². The summed E-state index contributed by atoms with van der Waals surface area (Å²) in [6, 6.07) is 4.68. The zero-order chi connectivity index (χ0) is 20.7. The number of pyridine rings is 1. The number of carbonyl (C=O) groups is 1. The van der Waals surface area contributed by atoms with E-state index in [-0.39, 0.29) is 11.9 Å². The zero-order valence-electron chi connectivity index (χ0n) is 18.0. The second-order valence-corrected chi connectivity index (χ2v) is 9.82. The first-order valence-corrected chi connectivity index (χ1v) is 11.5. The summed E-state index contributed by atoms with van der Waals surface area (Å²) in [7, 11) is 0. The molecule has 1 fully saturated rings. The van der Waals surface area contributed by atoms with Crippen LogP contribution in [0.25, 0.3) is 22.3 Å². The quantitative estimate of drug-likeness (QED) is 0.549. The Morgan fingerprint density at radius 2 is 2.07 bits per heavy atom. The number of carbonyl (C=O) groups excluding carboxylic acids is 1. The number of aromatic nitrogens is 3. The summed E-state index contributed by atoms with van der Waals surface area (Å²) in [5, 5.41) is 5.43. The molecular formula is C23H30N4OS. The molecule has 154 valence electrons. The van der Waals surface area contributed by atoms with Crippen molar-refractivity contribution in [3.8, 4) is 11.3 Å². The lowest BCUT2D eigenvalue weighted by atomic mass is 9.98. The summed E-state index contributed by atoms with van der Waals surface area (Å²) in [5.41, 5.74) is 3.52. The van der Waals surface area contributed by atoms with Gasteiger partial charge in [0, 0.05) is 33.9 Å². The Bertz CT molecular complexity index is 1050. The van der Waals surface area contributed by atoms with Crippen LogP contribution >= 0.6 is 11.3 Å². The first-order chi connectivity index (χ1) is 13.9. The molecule has 1 unspecified atom stereocenters. The second-order valence-electron chi connectivity index (χ2n) is 8.36. The maximum Gasteiger partial charge on any atom is 0.254 e. The first kappa shape index (κ1) is 20.1. The average molecular weight is 411 g/mol. The summed E-state index contributed by atoms with van der Waals surface area (Å²) >= 11 is 1.77. The monoisotopic (exact) mass is 410 g/mol. The maximum absolute atomic E-state index is 13.7. The normalized spacial score (nSPS) is 17.4. The van der Waals surface area contributed by atoms with E-state index in [0.717, 1.165) is 53.7 Å². The topological polar surface area (TPSA) is 51.0 Å². The van der Waals surface area contributed by atoms with E-state index in [4.69, 9.17) is 4.98 Å². The standard InChI is InChI=1S/C23H30N4OS/c1-6-17-9-7-8-10-26(17)23(28)19-12-21(18-11-15(4)29-16(18)5)25-22-20(19)13-24-27(22)14(2)3/h11-14,17H,6-10H2,1-5H3. The SMILES string of the molecule is CCC1CCCCN1C(=O)c1cc(-c2cc(C)sc2C)nc2c1cnn2C(C)C. The van der Waals surface area contributed by atoms with Crippen molar-refractivity contribution in [2.75, 3.05) is 6.54 Å². The number of hydrogen-bond donors (Lipinski definition) is 0. The Balaban J connectivity index is 1.90. The van der Waals surface area contributed by atoms with Crippen LogP contribution in [0.3, 0.4) is 0 Å². The number of likely N-dealkylation sites (tertiary alicyclic amines) is 1. The van der Waals surface area contributed by atoms with Crippen molar-refractivity contribution in [2.24, 2.45) is 0 Å². The molecule has 3 aromatic heterocycles. The van der Waals surface area contributed by atoms with Crippen molar-refractivity contribution in [2.45, 2.75) is 72.4 Å².